The molecule has 0 unspecified atom stereocenters. The van der Waals surface area contributed by atoms with E-state index < -0.39 is 5.91 Å². The molecule has 2 N–H and O–H groups in total. The zero-order valence-electron chi connectivity index (χ0n) is 16.7. The molecule has 0 aliphatic carbocycles. The molecule has 0 saturated carbocycles. The Labute approximate surface area is 178 Å². The lowest BCUT2D eigenvalue weighted by atomic mass is 10.1. The first-order valence-corrected chi connectivity index (χ1v) is 10.1. The summed E-state index contributed by atoms with van der Waals surface area (Å²) < 4.78 is 17.3. The lowest BCUT2D eigenvalue weighted by Gasteiger charge is -2.13. The minimum atomic E-state index is -0.465. The second kappa shape index (κ2) is 11.3. The number of nitrogens with one attached hydrogen (secondary N) is 2. The second-order valence-electron chi connectivity index (χ2n) is 6.14. The van der Waals surface area contributed by atoms with Crippen molar-refractivity contribution in [2.24, 2.45) is 0 Å². The summed E-state index contributed by atoms with van der Waals surface area (Å²) in [5.41, 5.74) is 6.53. The first kappa shape index (κ1) is 22.5. The SMILES string of the molecule is CCOc1ccc(CC(=O)NNC(=O)COc2ccc(C)cc2Br)cc1OCC. The van der Waals surface area contributed by atoms with E-state index in [1.165, 1.54) is 0 Å². The highest BCUT2D eigenvalue weighted by molar-refractivity contribution is 9.10. The van der Waals surface area contributed by atoms with Crippen LogP contribution in [0.15, 0.2) is 40.9 Å². The standard InChI is InChI=1S/C21H25BrN2O5/c1-4-27-18-9-7-15(11-19(18)28-5-2)12-20(25)23-24-21(26)13-29-17-8-6-14(3)10-16(17)22/h6-11H,4-5,12-13H2,1-3H3,(H,23,25)(H,24,26). The summed E-state index contributed by atoms with van der Waals surface area (Å²) in [6, 6.07) is 10.9. The molecule has 8 heteroatoms. The van der Waals surface area contributed by atoms with Crippen molar-refractivity contribution in [1.29, 1.82) is 0 Å². The van der Waals surface area contributed by atoms with Gasteiger partial charge in [-0.2, -0.15) is 0 Å². The van der Waals surface area contributed by atoms with Gasteiger partial charge in [0.1, 0.15) is 5.75 Å². The molecule has 0 aliphatic rings. The van der Waals surface area contributed by atoms with Crippen LogP contribution in [0.25, 0.3) is 0 Å². The predicted molar refractivity (Wildman–Crippen MR) is 113 cm³/mol. The third-order valence-electron chi connectivity index (χ3n) is 3.76. The van der Waals surface area contributed by atoms with Crippen LogP contribution in [0.3, 0.4) is 0 Å². The van der Waals surface area contributed by atoms with E-state index >= 15 is 0 Å². The van der Waals surface area contributed by atoms with Gasteiger partial charge in [-0.05, 0) is 72.1 Å². The van der Waals surface area contributed by atoms with Gasteiger partial charge in [0.25, 0.3) is 5.91 Å². The number of hydrazine groups is 1. The van der Waals surface area contributed by atoms with Crippen molar-refractivity contribution in [1.82, 2.24) is 10.9 Å². The molecule has 0 aliphatic heterocycles. The Morgan fingerprint density at radius 3 is 2.21 bits per heavy atom. The number of rotatable bonds is 9. The molecule has 0 saturated heterocycles. The van der Waals surface area contributed by atoms with Crippen molar-refractivity contribution in [3.63, 3.8) is 0 Å². The minimum Gasteiger partial charge on any atom is -0.490 e. The van der Waals surface area contributed by atoms with Crippen LogP contribution in [0.5, 0.6) is 17.2 Å². The van der Waals surface area contributed by atoms with Gasteiger partial charge in [0.05, 0.1) is 24.1 Å². The molecule has 0 bridgehead atoms. The molecule has 0 fully saturated rings. The summed E-state index contributed by atoms with van der Waals surface area (Å²) in [6.07, 6.45) is 0.0805. The third kappa shape index (κ3) is 7.30. The van der Waals surface area contributed by atoms with E-state index in [1.54, 1.807) is 24.3 Å². The predicted octanol–water partition coefficient (Wildman–Crippen LogP) is 3.32. The first-order chi connectivity index (χ1) is 13.9. The molecular weight excluding hydrogens is 440 g/mol. The normalized spacial score (nSPS) is 10.2. The number of halogens is 1. The maximum absolute atomic E-state index is 12.1. The summed E-state index contributed by atoms with van der Waals surface area (Å²) in [5.74, 6) is 0.941. The van der Waals surface area contributed by atoms with E-state index in [0.29, 0.717) is 30.5 Å². The number of amides is 2. The average molecular weight is 465 g/mol. The van der Waals surface area contributed by atoms with Crippen LogP contribution in [-0.4, -0.2) is 31.6 Å². The Kier molecular flexibility index (Phi) is 8.79. The number of carbonyl (C=O) groups is 2. The molecule has 2 amide bonds. The molecule has 7 nitrogen and oxygen atoms in total. The summed E-state index contributed by atoms with van der Waals surface area (Å²) >= 11 is 3.38. The molecule has 0 aromatic heterocycles. The molecule has 2 aromatic carbocycles. The topological polar surface area (TPSA) is 85.9 Å². The van der Waals surface area contributed by atoms with Gasteiger partial charge in [-0.1, -0.05) is 12.1 Å². The van der Waals surface area contributed by atoms with Crippen LogP contribution in [0.2, 0.25) is 0 Å². The van der Waals surface area contributed by atoms with Gasteiger partial charge in [-0.3, -0.25) is 20.4 Å². The van der Waals surface area contributed by atoms with E-state index in [4.69, 9.17) is 14.2 Å². The molecule has 2 rings (SSSR count). The molecule has 0 spiro atoms. The Hall–Kier alpha value is -2.74. The van der Waals surface area contributed by atoms with Crippen molar-refractivity contribution in [2.45, 2.75) is 27.2 Å². The van der Waals surface area contributed by atoms with E-state index in [9.17, 15) is 9.59 Å². The number of carbonyl (C=O) groups excluding carboxylic acids is 2. The fourth-order valence-corrected chi connectivity index (χ4v) is 3.08. The van der Waals surface area contributed by atoms with Crippen LogP contribution < -0.4 is 25.1 Å². The Bertz CT molecular complexity index is 857. The maximum atomic E-state index is 12.1. The lowest BCUT2D eigenvalue weighted by Crippen LogP contribution is -2.44. The molecule has 156 valence electrons. The van der Waals surface area contributed by atoms with Gasteiger partial charge >= 0.3 is 0 Å². The van der Waals surface area contributed by atoms with E-state index in [1.807, 2.05) is 32.9 Å². The van der Waals surface area contributed by atoms with Gasteiger partial charge < -0.3 is 14.2 Å². The van der Waals surface area contributed by atoms with Gasteiger partial charge in [0.2, 0.25) is 5.91 Å². The van der Waals surface area contributed by atoms with Gasteiger partial charge in [0, 0.05) is 0 Å². The summed E-state index contributed by atoms with van der Waals surface area (Å²) in [4.78, 5) is 24.0. The molecule has 0 atom stereocenters. The van der Waals surface area contributed by atoms with Crippen molar-refractivity contribution in [2.75, 3.05) is 19.8 Å². The number of benzene rings is 2. The third-order valence-corrected chi connectivity index (χ3v) is 4.38. The molecule has 0 radical (unpaired) electrons. The lowest BCUT2D eigenvalue weighted by molar-refractivity contribution is -0.129. The zero-order chi connectivity index (χ0) is 21.2. The number of ether oxygens (including phenoxy) is 3. The number of hydrogen-bond acceptors (Lipinski definition) is 5. The van der Waals surface area contributed by atoms with E-state index in [0.717, 1.165) is 15.6 Å². The maximum Gasteiger partial charge on any atom is 0.276 e. The molecule has 0 heterocycles. The summed E-state index contributed by atoms with van der Waals surface area (Å²) in [6.45, 7) is 6.51. The highest BCUT2D eigenvalue weighted by Gasteiger charge is 2.11. The quantitative estimate of drug-likeness (QED) is 0.555. The Balaban J connectivity index is 1.82. The number of hydrogen-bond donors (Lipinski definition) is 2. The van der Waals surface area contributed by atoms with Gasteiger partial charge in [-0.15, -0.1) is 0 Å². The highest BCUT2D eigenvalue weighted by atomic mass is 79.9. The monoisotopic (exact) mass is 464 g/mol. The molecular formula is C21H25BrN2O5. The van der Waals surface area contributed by atoms with Crippen molar-refractivity contribution in [3.8, 4) is 17.2 Å². The van der Waals surface area contributed by atoms with Crippen LogP contribution in [0, 0.1) is 6.92 Å². The van der Waals surface area contributed by atoms with E-state index in [2.05, 4.69) is 26.8 Å². The van der Waals surface area contributed by atoms with Crippen LogP contribution in [0.4, 0.5) is 0 Å². The smallest absolute Gasteiger partial charge is 0.276 e. The first-order valence-electron chi connectivity index (χ1n) is 9.28. The van der Waals surface area contributed by atoms with Crippen molar-refractivity contribution < 1.29 is 23.8 Å². The number of aryl methyl sites for hydroxylation is 1. The minimum absolute atomic E-state index is 0.0805. The van der Waals surface area contributed by atoms with Crippen molar-refractivity contribution >= 4 is 27.7 Å². The summed E-state index contributed by atoms with van der Waals surface area (Å²) in [7, 11) is 0. The molecule has 29 heavy (non-hydrogen) atoms. The zero-order valence-corrected chi connectivity index (χ0v) is 18.3. The van der Waals surface area contributed by atoms with E-state index in [-0.39, 0.29) is 18.9 Å². The van der Waals surface area contributed by atoms with Crippen LogP contribution >= 0.6 is 15.9 Å². The van der Waals surface area contributed by atoms with Gasteiger partial charge in [0.15, 0.2) is 18.1 Å². The fourth-order valence-electron chi connectivity index (χ4n) is 2.48. The van der Waals surface area contributed by atoms with Crippen molar-refractivity contribution in [3.05, 3.63) is 52.0 Å². The van der Waals surface area contributed by atoms with Crippen LogP contribution in [0.1, 0.15) is 25.0 Å². The Morgan fingerprint density at radius 2 is 1.52 bits per heavy atom. The van der Waals surface area contributed by atoms with Gasteiger partial charge in [-0.25, -0.2) is 0 Å². The average Bonchev–Trinajstić information content (AvgIpc) is 2.68. The summed E-state index contributed by atoms with van der Waals surface area (Å²) in [5, 5.41) is 0. The van der Waals surface area contributed by atoms with Crippen LogP contribution in [-0.2, 0) is 16.0 Å². The largest absolute Gasteiger partial charge is 0.490 e. The second-order valence-corrected chi connectivity index (χ2v) is 7.00. The molecule has 2 aromatic rings. The highest BCUT2D eigenvalue weighted by Crippen LogP contribution is 2.28. The fraction of sp³-hybridized carbons (Fsp3) is 0.333. The Morgan fingerprint density at radius 1 is 0.862 bits per heavy atom.